The number of quaternary nitrogens is 1. The maximum atomic E-state index is 12.0. The molecule has 1 aromatic rings. The molecule has 100 valence electrons. The van der Waals surface area contributed by atoms with Crippen LogP contribution in [0.15, 0.2) is 24.3 Å². The number of alkyl carbamates (subject to hydrolysis) is 1. The number of hydrogen-bond donors (Lipinski definition) is 2. The molecule has 18 heavy (non-hydrogen) atoms. The third kappa shape index (κ3) is 2.84. The zero-order chi connectivity index (χ0) is 12.3. The lowest BCUT2D eigenvalue weighted by atomic mass is 10.1. The van der Waals surface area contributed by atoms with Crippen molar-refractivity contribution in [1.29, 1.82) is 0 Å². The summed E-state index contributed by atoms with van der Waals surface area (Å²) in [5.41, 5.74) is 2.02. The Hall–Kier alpha value is -1.07. The standard InChI is InChI=1S/C13H18N2O2.BrH/c1-3-10-9-14-11-7-5-6-8-12(11)15(10)13(16)17-4-2;/h5-8,10,14H,3-4,9H2,1-2H3;1H. The molecule has 2 atom stereocenters. The highest BCUT2D eigenvalue weighted by atomic mass is 79.9. The summed E-state index contributed by atoms with van der Waals surface area (Å²) >= 11 is 0. The van der Waals surface area contributed by atoms with Crippen molar-refractivity contribution >= 4 is 17.5 Å². The molecular weight excluding hydrogens is 296 g/mol. The fourth-order valence-corrected chi connectivity index (χ4v) is 2.26. The summed E-state index contributed by atoms with van der Waals surface area (Å²) < 4.78 is 5.17. The SMILES string of the molecule is CCOC(=O)[NH+]1c2ccccc2NCC1CC.[Br-]. The van der Waals surface area contributed by atoms with Crippen LogP contribution in [0, 0.1) is 0 Å². The van der Waals surface area contributed by atoms with Crippen LogP contribution >= 0.6 is 0 Å². The van der Waals surface area contributed by atoms with Crippen LogP contribution in [0.3, 0.4) is 0 Å². The topological polar surface area (TPSA) is 42.8 Å². The molecule has 2 N–H and O–H groups in total. The van der Waals surface area contributed by atoms with E-state index in [0.29, 0.717) is 6.61 Å². The Labute approximate surface area is 118 Å². The molecule has 0 aliphatic carbocycles. The van der Waals surface area contributed by atoms with E-state index >= 15 is 0 Å². The molecule has 1 heterocycles. The third-order valence-electron chi connectivity index (χ3n) is 3.15. The van der Waals surface area contributed by atoms with E-state index in [9.17, 15) is 4.79 Å². The number of carbonyl (C=O) groups excluding carboxylic acids is 1. The van der Waals surface area contributed by atoms with E-state index in [-0.39, 0.29) is 29.1 Å². The van der Waals surface area contributed by atoms with E-state index in [0.717, 1.165) is 29.2 Å². The van der Waals surface area contributed by atoms with Crippen LogP contribution in [0.4, 0.5) is 16.2 Å². The Morgan fingerprint density at radius 1 is 1.44 bits per heavy atom. The van der Waals surface area contributed by atoms with Crippen molar-refractivity contribution in [2.75, 3.05) is 18.5 Å². The molecule has 1 amide bonds. The average Bonchev–Trinajstić information content (AvgIpc) is 2.37. The molecule has 1 aliphatic heterocycles. The fourth-order valence-electron chi connectivity index (χ4n) is 2.26. The summed E-state index contributed by atoms with van der Waals surface area (Å²) in [4.78, 5) is 12.9. The minimum Gasteiger partial charge on any atom is -1.00 e. The number of ether oxygens (including phenoxy) is 1. The van der Waals surface area contributed by atoms with Crippen molar-refractivity contribution in [3.63, 3.8) is 0 Å². The van der Waals surface area contributed by atoms with Gasteiger partial charge in [0.2, 0.25) is 0 Å². The number of benzene rings is 1. The summed E-state index contributed by atoms with van der Waals surface area (Å²) in [7, 11) is 0. The lowest BCUT2D eigenvalue weighted by Crippen LogP contribution is -3.15. The molecular formula is C13H19BrN2O2. The average molecular weight is 315 g/mol. The van der Waals surface area contributed by atoms with Crippen molar-refractivity contribution in [2.45, 2.75) is 26.3 Å². The van der Waals surface area contributed by atoms with E-state index in [2.05, 4.69) is 12.2 Å². The van der Waals surface area contributed by atoms with Gasteiger partial charge >= 0.3 is 6.09 Å². The molecule has 4 nitrogen and oxygen atoms in total. The number of hydrogen-bond acceptors (Lipinski definition) is 3. The van der Waals surface area contributed by atoms with Gasteiger partial charge in [-0.1, -0.05) is 19.1 Å². The van der Waals surface area contributed by atoms with Crippen molar-refractivity contribution in [3.8, 4) is 0 Å². The largest absolute Gasteiger partial charge is 1.00 e. The van der Waals surface area contributed by atoms with Gasteiger partial charge in [-0.2, -0.15) is 9.69 Å². The Morgan fingerprint density at radius 2 is 2.17 bits per heavy atom. The minimum absolute atomic E-state index is 0. The summed E-state index contributed by atoms with van der Waals surface area (Å²) in [6.45, 7) is 5.17. The smallest absolute Gasteiger partial charge is 0.519 e. The second kappa shape index (κ2) is 6.75. The quantitative estimate of drug-likeness (QED) is 0.703. The van der Waals surface area contributed by atoms with Crippen LogP contribution in [-0.4, -0.2) is 25.3 Å². The zero-order valence-electron chi connectivity index (χ0n) is 10.7. The van der Waals surface area contributed by atoms with Crippen molar-refractivity contribution in [1.82, 2.24) is 0 Å². The van der Waals surface area contributed by atoms with Crippen LogP contribution in [0.25, 0.3) is 0 Å². The summed E-state index contributed by atoms with van der Waals surface area (Å²) in [6, 6.07) is 8.15. The molecule has 0 radical (unpaired) electrons. The summed E-state index contributed by atoms with van der Waals surface area (Å²) in [6.07, 6.45) is 0.767. The second-order valence-corrected chi connectivity index (χ2v) is 4.17. The number of rotatable bonds is 2. The molecule has 0 bridgehead atoms. The van der Waals surface area contributed by atoms with Gasteiger partial charge in [-0.3, -0.25) is 0 Å². The minimum atomic E-state index is -0.173. The molecule has 2 unspecified atom stereocenters. The van der Waals surface area contributed by atoms with Crippen LogP contribution in [0.5, 0.6) is 0 Å². The highest BCUT2D eigenvalue weighted by Crippen LogP contribution is 2.20. The maximum absolute atomic E-state index is 12.0. The monoisotopic (exact) mass is 314 g/mol. The lowest BCUT2D eigenvalue weighted by Gasteiger charge is -2.30. The van der Waals surface area contributed by atoms with Gasteiger partial charge in [-0.15, -0.1) is 0 Å². The molecule has 0 aromatic heterocycles. The number of para-hydroxylation sites is 2. The molecule has 5 heteroatoms. The molecule has 1 aromatic carbocycles. The summed E-state index contributed by atoms with van der Waals surface area (Å²) in [5, 5.41) is 3.36. The maximum Gasteiger partial charge on any atom is 0.519 e. The molecule has 0 spiro atoms. The third-order valence-corrected chi connectivity index (χ3v) is 3.15. The zero-order valence-corrected chi connectivity index (χ0v) is 12.3. The van der Waals surface area contributed by atoms with E-state index in [4.69, 9.17) is 4.74 Å². The van der Waals surface area contributed by atoms with E-state index in [1.165, 1.54) is 0 Å². The number of nitrogens with one attached hydrogen (secondary N) is 2. The Kier molecular flexibility index (Phi) is 5.62. The number of amides is 1. The number of fused-ring (bicyclic) bond motifs is 1. The van der Waals surface area contributed by atoms with Gasteiger partial charge in [0.05, 0.1) is 18.8 Å². The van der Waals surface area contributed by atoms with E-state index < -0.39 is 0 Å². The van der Waals surface area contributed by atoms with Crippen LogP contribution < -0.4 is 27.2 Å². The first kappa shape index (κ1) is 15.0. The van der Waals surface area contributed by atoms with Gasteiger partial charge in [0.15, 0.2) is 5.69 Å². The van der Waals surface area contributed by atoms with Crippen LogP contribution in [-0.2, 0) is 4.74 Å². The summed E-state index contributed by atoms with van der Waals surface area (Å²) in [5.74, 6) is 0. The molecule has 0 saturated carbocycles. The normalized spacial score (nSPS) is 21.2. The predicted octanol–water partition coefficient (Wildman–Crippen LogP) is -1.43. The van der Waals surface area contributed by atoms with Gasteiger partial charge in [0.25, 0.3) is 0 Å². The van der Waals surface area contributed by atoms with Crippen LogP contribution in [0.2, 0.25) is 0 Å². The van der Waals surface area contributed by atoms with Crippen molar-refractivity contribution < 1.29 is 31.4 Å². The Balaban J connectivity index is 0.00000162. The Morgan fingerprint density at radius 3 is 2.83 bits per heavy atom. The van der Waals surface area contributed by atoms with Crippen molar-refractivity contribution in [3.05, 3.63) is 24.3 Å². The second-order valence-electron chi connectivity index (χ2n) is 4.17. The molecule has 2 rings (SSSR count). The van der Waals surface area contributed by atoms with Crippen LogP contribution in [0.1, 0.15) is 20.3 Å². The lowest BCUT2D eigenvalue weighted by molar-refractivity contribution is -0.782. The van der Waals surface area contributed by atoms with Gasteiger partial charge in [0.1, 0.15) is 6.04 Å². The molecule has 1 aliphatic rings. The van der Waals surface area contributed by atoms with Gasteiger partial charge in [-0.25, -0.2) is 0 Å². The molecule has 0 fully saturated rings. The van der Waals surface area contributed by atoms with Crippen molar-refractivity contribution in [2.24, 2.45) is 0 Å². The molecule has 0 saturated heterocycles. The highest BCUT2D eigenvalue weighted by Gasteiger charge is 2.36. The number of carbonyl (C=O) groups is 1. The van der Waals surface area contributed by atoms with Gasteiger partial charge in [-0.05, 0) is 19.4 Å². The van der Waals surface area contributed by atoms with Gasteiger partial charge < -0.3 is 27.0 Å². The first-order chi connectivity index (χ1) is 8.27. The fraction of sp³-hybridized carbons (Fsp3) is 0.462. The van der Waals surface area contributed by atoms with E-state index in [1.54, 1.807) is 0 Å². The first-order valence-electron chi connectivity index (χ1n) is 6.15. The number of anilines is 1. The highest BCUT2D eigenvalue weighted by molar-refractivity contribution is 5.70. The first-order valence-corrected chi connectivity index (χ1v) is 6.15. The van der Waals surface area contributed by atoms with E-state index in [1.807, 2.05) is 31.2 Å². The Bertz CT molecular complexity index is 412. The number of halogens is 1. The van der Waals surface area contributed by atoms with Gasteiger partial charge in [0, 0.05) is 6.07 Å². The predicted molar refractivity (Wildman–Crippen MR) is 66.7 cm³/mol.